The summed E-state index contributed by atoms with van der Waals surface area (Å²) in [7, 11) is 1.97. The van der Waals surface area contributed by atoms with Gasteiger partial charge in [0.1, 0.15) is 12.4 Å². The monoisotopic (exact) mass is 381 g/mol. The van der Waals surface area contributed by atoms with E-state index >= 15 is 0 Å². The average molecular weight is 382 g/mol. The van der Waals surface area contributed by atoms with Gasteiger partial charge < -0.3 is 20.2 Å². The SMILES string of the molecule is CCCCNC(=NCc1nnc(C)n1C)NCCc1c(C)[nH]c2ccccc12. The first kappa shape index (κ1) is 19.9. The van der Waals surface area contributed by atoms with Crippen molar-refractivity contribution in [3.8, 4) is 0 Å². The zero-order valence-corrected chi connectivity index (χ0v) is 17.3. The zero-order valence-electron chi connectivity index (χ0n) is 17.3. The third-order valence-electron chi connectivity index (χ3n) is 5.08. The Hall–Kier alpha value is -2.83. The molecule has 28 heavy (non-hydrogen) atoms. The number of aromatic nitrogens is 4. The largest absolute Gasteiger partial charge is 0.358 e. The van der Waals surface area contributed by atoms with Crippen LogP contribution < -0.4 is 10.6 Å². The van der Waals surface area contributed by atoms with E-state index in [1.165, 1.54) is 22.2 Å². The number of nitrogens with zero attached hydrogens (tertiary/aromatic N) is 4. The van der Waals surface area contributed by atoms with E-state index in [4.69, 9.17) is 4.99 Å². The number of aliphatic imine (C=N–C) groups is 1. The van der Waals surface area contributed by atoms with Gasteiger partial charge in [-0.2, -0.15) is 0 Å². The molecule has 3 N–H and O–H groups in total. The van der Waals surface area contributed by atoms with E-state index in [0.717, 1.165) is 50.0 Å². The molecule has 0 saturated carbocycles. The summed E-state index contributed by atoms with van der Waals surface area (Å²) in [6.07, 6.45) is 3.20. The van der Waals surface area contributed by atoms with Crippen LogP contribution in [0.4, 0.5) is 0 Å². The fourth-order valence-corrected chi connectivity index (χ4v) is 3.26. The van der Waals surface area contributed by atoms with E-state index in [-0.39, 0.29) is 0 Å². The van der Waals surface area contributed by atoms with Gasteiger partial charge in [0, 0.05) is 36.7 Å². The predicted octanol–water partition coefficient (Wildman–Crippen LogP) is 2.99. The van der Waals surface area contributed by atoms with Gasteiger partial charge in [0.15, 0.2) is 11.8 Å². The Morgan fingerprint density at radius 3 is 2.68 bits per heavy atom. The normalized spacial score (nSPS) is 11.9. The van der Waals surface area contributed by atoms with Gasteiger partial charge in [-0.05, 0) is 38.3 Å². The highest BCUT2D eigenvalue weighted by atomic mass is 15.3. The number of rotatable bonds is 8. The summed E-state index contributed by atoms with van der Waals surface area (Å²) in [6.45, 7) is 8.51. The number of guanidine groups is 1. The molecule has 1 aromatic carbocycles. The lowest BCUT2D eigenvalue weighted by molar-refractivity contribution is 0.714. The fraction of sp³-hybridized carbons (Fsp3) is 0.476. The number of benzene rings is 1. The number of H-pyrrole nitrogens is 1. The van der Waals surface area contributed by atoms with E-state index in [1.807, 2.05) is 18.5 Å². The second-order valence-electron chi connectivity index (χ2n) is 7.12. The molecule has 0 spiro atoms. The molecular formula is C21H31N7. The quantitative estimate of drug-likeness (QED) is 0.318. The predicted molar refractivity (Wildman–Crippen MR) is 115 cm³/mol. The summed E-state index contributed by atoms with van der Waals surface area (Å²) in [5.74, 6) is 2.58. The van der Waals surface area contributed by atoms with E-state index in [9.17, 15) is 0 Å². The first-order valence-electron chi connectivity index (χ1n) is 10.0. The maximum absolute atomic E-state index is 4.71. The molecule has 0 bridgehead atoms. The van der Waals surface area contributed by atoms with Crippen molar-refractivity contribution in [3.05, 3.63) is 47.2 Å². The Labute approximate surface area is 166 Å². The smallest absolute Gasteiger partial charge is 0.191 e. The summed E-state index contributed by atoms with van der Waals surface area (Å²) < 4.78 is 1.97. The standard InChI is InChI=1S/C21H31N7/c1-5-6-12-22-21(24-14-20-27-26-16(3)28(20)4)23-13-11-17-15(2)25-19-10-8-7-9-18(17)19/h7-10,25H,5-6,11-14H2,1-4H3,(H2,22,23,24). The van der Waals surface area contributed by atoms with Gasteiger partial charge in [-0.1, -0.05) is 31.5 Å². The van der Waals surface area contributed by atoms with Crippen molar-refractivity contribution in [2.24, 2.45) is 12.0 Å². The number of nitrogens with one attached hydrogen (secondary N) is 3. The summed E-state index contributed by atoms with van der Waals surface area (Å²) in [5.41, 5.74) is 3.79. The van der Waals surface area contributed by atoms with Crippen molar-refractivity contribution < 1.29 is 0 Å². The number of hydrogen-bond donors (Lipinski definition) is 3. The molecule has 7 heteroatoms. The Balaban J connectivity index is 1.64. The second-order valence-corrected chi connectivity index (χ2v) is 7.12. The summed E-state index contributed by atoms with van der Waals surface area (Å²) in [6, 6.07) is 8.46. The number of para-hydroxylation sites is 1. The van der Waals surface area contributed by atoms with Crippen LogP contribution in [0.15, 0.2) is 29.3 Å². The molecule has 2 aromatic heterocycles. The first-order chi connectivity index (χ1) is 13.6. The first-order valence-corrected chi connectivity index (χ1v) is 10.0. The Kier molecular flexibility index (Phi) is 6.68. The number of aromatic amines is 1. The molecule has 0 amide bonds. The van der Waals surface area contributed by atoms with E-state index < -0.39 is 0 Å². The molecule has 0 fully saturated rings. The molecule has 0 aliphatic rings. The number of hydrogen-bond acceptors (Lipinski definition) is 3. The molecule has 0 aliphatic carbocycles. The molecule has 3 aromatic rings. The third kappa shape index (κ3) is 4.71. The van der Waals surface area contributed by atoms with Crippen molar-refractivity contribution in [2.75, 3.05) is 13.1 Å². The molecule has 0 atom stereocenters. The number of unbranched alkanes of at least 4 members (excludes halogenated alkanes) is 1. The molecule has 7 nitrogen and oxygen atoms in total. The van der Waals surface area contributed by atoms with Crippen molar-refractivity contribution in [1.29, 1.82) is 0 Å². The summed E-state index contributed by atoms with van der Waals surface area (Å²) in [4.78, 5) is 8.18. The van der Waals surface area contributed by atoms with Gasteiger partial charge >= 0.3 is 0 Å². The molecule has 2 heterocycles. The van der Waals surface area contributed by atoms with Gasteiger partial charge in [-0.25, -0.2) is 4.99 Å². The number of fused-ring (bicyclic) bond motifs is 1. The lowest BCUT2D eigenvalue weighted by Crippen LogP contribution is -2.39. The molecule has 0 aliphatic heterocycles. The fourth-order valence-electron chi connectivity index (χ4n) is 3.26. The molecule has 3 rings (SSSR count). The molecular weight excluding hydrogens is 350 g/mol. The maximum Gasteiger partial charge on any atom is 0.191 e. The molecule has 0 radical (unpaired) electrons. The van der Waals surface area contributed by atoms with Gasteiger partial charge in [0.2, 0.25) is 0 Å². The average Bonchev–Trinajstić information content (AvgIpc) is 3.18. The van der Waals surface area contributed by atoms with E-state index in [2.05, 4.69) is 63.9 Å². The summed E-state index contributed by atoms with van der Waals surface area (Å²) >= 11 is 0. The van der Waals surface area contributed by atoms with Crippen LogP contribution in [-0.2, 0) is 20.0 Å². The molecule has 0 saturated heterocycles. The van der Waals surface area contributed by atoms with Gasteiger partial charge in [-0.15, -0.1) is 10.2 Å². The van der Waals surface area contributed by atoms with Crippen molar-refractivity contribution in [3.63, 3.8) is 0 Å². The molecule has 0 unspecified atom stereocenters. The highest BCUT2D eigenvalue weighted by molar-refractivity contribution is 5.84. The van der Waals surface area contributed by atoms with Gasteiger partial charge in [-0.3, -0.25) is 0 Å². The Morgan fingerprint density at radius 1 is 1.14 bits per heavy atom. The van der Waals surface area contributed by atoms with Crippen molar-refractivity contribution >= 4 is 16.9 Å². The van der Waals surface area contributed by atoms with E-state index in [1.54, 1.807) is 0 Å². The van der Waals surface area contributed by atoms with E-state index in [0.29, 0.717) is 6.54 Å². The van der Waals surface area contributed by atoms with Crippen LogP contribution in [0.2, 0.25) is 0 Å². The lowest BCUT2D eigenvalue weighted by atomic mass is 10.1. The van der Waals surface area contributed by atoms with Crippen LogP contribution in [0.25, 0.3) is 10.9 Å². The summed E-state index contributed by atoms with van der Waals surface area (Å²) in [5, 5.41) is 16.5. The Morgan fingerprint density at radius 2 is 1.93 bits per heavy atom. The molecule has 150 valence electrons. The minimum absolute atomic E-state index is 0.505. The lowest BCUT2D eigenvalue weighted by Gasteiger charge is -2.12. The minimum Gasteiger partial charge on any atom is -0.358 e. The number of aryl methyl sites for hydroxylation is 2. The second kappa shape index (κ2) is 9.39. The highest BCUT2D eigenvalue weighted by Crippen LogP contribution is 2.21. The van der Waals surface area contributed by atoms with Gasteiger partial charge in [0.05, 0.1) is 0 Å². The maximum atomic E-state index is 4.71. The van der Waals surface area contributed by atoms with Crippen LogP contribution in [0.1, 0.15) is 42.7 Å². The highest BCUT2D eigenvalue weighted by Gasteiger charge is 2.09. The van der Waals surface area contributed by atoms with Gasteiger partial charge in [0.25, 0.3) is 0 Å². The van der Waals surface area contributed by atoms with Crippen LogP contribution >= 0.6 is 0 Å². The van der Waals surface area contributed by atoms with Crippen LogP contribution in [-0.4, -0.2) is 38.8 Å². The zero-order chi connectivity index (χ0) is 19.9. The topological polar surface area (TPSA) is 82.9 Å². The van der Waals surface area contributed by atoms with Crippen molar-refractivity contribution in [1.82, 2.24) is 30.4 Å². The van der Waals surface area contributed by atoms with Crippen LogP contribution in [0.5, 0.6) is 0 Å². The van der Waals surface area contributed by atoms with Crippen molar-refractivity contribution in [2.45, 2.75) is 46.6 Å². The third-order valence-corrected chi connectivity index (χ3v) is 5.08. The minimum atomic E-state index is 0.505. The van der Waals surface area contributed by atoms with Crippen LogP contribution in [0.3, 0.4) is 0 Å². The Bertz CT molecular complexity index is 936. The van der Waals surface area contributed by atoms with Crippen LogP contribution in [0, 0.1) is 13.8 Å².